The van der Waals surface area contributed by atoms with E-state index in [0.717, 1.165) is 0 Å². The zero-order valence-electron chi connectivity index (χ0n) is 15.9. The van der Waals surface area contributed by atoms with Crippen LogP contribution in [-0.4, -0.2) is 30.6 Å². The molecule has 0 saturated carbocycles. The van der Waals surface area contributed by atoms with E-state index in [4.69, 9.17) is 4.74 Å². The van der Waals surface area contributed by atoms with Crippen molar-refractivity contribution in [2.45, 2.75) is 33.6 Å². The average molecular weight is 380 g/mol. The molecule has 27 heavy (non-hydrogen) atoms. The highest BCUT2D eigenvalue weighted by Gasteiger charge is 2.47. The Hall–Kier alpha value is -2.77. The van der Waals surface area contributed by atoms with E-state index in [1.165, 1.54) is 38.4 Å². The Kier molecular flexibility index (Phi) is 5.67. The molecule has 0 saturated heterocycles. The average Bonchev–Trinajstić information content (AvgIpc) is 2.60. The van der Waals surface area contributed by atoms with Gasteiger partial charge in [0.1, 0.15) is 5.75 Å². The smallest absolute Gasteiger partial charge is 0.382 e. The summed E-state index contributed by atoms with van der Waals surface area (Å²) in [5.41, 5.74) is -1.03. The fourth-order valence-corrected chi connectivity index (χ4v) is 2.44. The molecule has 0 radical (unpaired) electrons. The predicted octanol–water partition coefficient (Wildman–Crippen LogP) is 3.88. The highest BCUT2D eigenvalue weighted by atomic mass is 19.3. The Morgan fingerprint density at radius 3 is 2.48 bits per heavy atom. The molecule has 1 N–H and O–H groups in total. The third-order valence-corrected chi connectivity index (χ3v) is 3.85. The number of fused-ring (bicyclic) bond motifs is 1. The number of carbonyl (C=O) groups excluding carboxylic acids is 2. The van der Waals surface area contributed by atoms with Crippen molar-refractivity contribution in [3.05, 3.63) is 30.0 Å². The molecule has 1 amide bonds. The van der Waals surface area contributed by atoms with Crippen molar-refractivity contribution in [3.8, 4) is 5.75 Å². The number of nitrogens with zero attached hydrogens (tertiary/aromatic N) is 1. The highest BCUT2D eigenvalue weighted by Crippen LogP contribution is 2.43. The number of aromatic nitrogens is 1. The van der Waals surface area contributed by atoms with Gasteiger partial charge in [0.25, 0.3) is 0 Å². The van der Waals surface area contributed by atoms with E-state index in [0.29, 0.717) is 0 Å². The van der Waals surface area contributed by atoms with Crippen LogP contribution in [0.2, 0.25) is 0 Å². The number of anilines is 1. The van der Waals surface area contributed by atoms with Crippen LogP contribution in [0, 0.1) is 5.41 Å². The lowest BCUT2D eigenvalue weighted by Crippen LogP contribution is -2.30. The van der Waals surface area contributed by atoms with Gasteiger partial charge in [-0.3, -0.25) is 9.78 Å². The maximum Gasteiger partial charge on any atom is 0.382 e. The molecule has 6 nitrogen and oxygen atoms in total. The summed E-state index contributed by atoms with van der Waals surface area (Å²) < 4.78 is 39.3. The third-order valence-electron chi connectivity index (χ3n) is 3.85. The van der Waals surface area contributed by atoms with Crippen LogP contribution in [0.4, 0.5) is 14.5 Å². The van der Waals surface area contributed by atoms with Crippen molar-refractivity contribution in [1.82, 2.24) is 4.98 Å². The second-order valence-corrected chi connectivity index (χ2v) is 6.90. The number of alkyl halides is 2. The Balaban J connectivity index is 2.73. The van der Waals surface area contributed by atoms with Gasteiger partial charge in [-0.05, 0) is 13.0 Å². The summed E-state index contributed by atoms with van der Waals surface area (Å²) in [6, 6.07) is 4.09. The number of hydrogen-bond acceptors (Lipinski definition) is 5. The summed E-state index contributed by atoms with van der Waals surface area (Å²) in [6.07, 6.45) is 1.41. The number of benzene rings is 1. The Bertz CT molecular complexity index is 876. The number of pyridine rings is 1. The van der Waals surface area contributed by atoms with Crippen LogP contribution in [0.1, 0.15) is 33.3 Å². The number of methoxy groups -OCH3 is 1. The van der Waals surface area contributed by atoms with Crippen molar-refractivity contribution in [2.24, 2.45) is 5.41 Å². The van der Waals surface area contributed by atoms with Crippen LogP contribution in [0.5, 0.6) is 5.75 Å². The molecule has 8 heteroatoms. The molecule has 1 aromatic heterocycles. The third kappa shape index (κ3) is 3.99. The van der Waals surface area contributed by atoms with E-state index < -0.39 is 22.9 Å². The first-order valence-corrected chi connectivity index (χ1v) is 8.36. The van der Waals surface area contributed by atoms with Crippen molar-refractivity contribution >= 4 is 28.5 Å². The topological polar surface area (TPSA) is 77.5 Å². The molecule has 0 aliphatic heterocycles. The van der Waals surface area contributed by atoms with Crippen LogP contribution < -0.4 is 10.1 Å². The molecule has 0 atom stereocenters. The largest absolute Gasteiger partial charge is 0.496 e. The van der Waals surface area contributed by atoms with Gasteiger partial charge in [0.15, 0.2) is 0 Å². The van der Waals surface area contributed by atoms with Gasteiger partial charge in [0.05, 0.1) is 30.5 Å². The first-order valence-electron chi connectivity index (χ1n) is 8.36. The summed E-state index contributed by atoms with van der Waals surface area (Å²) in [5.74, 6) is -6.20. The van der Waals surface area contributed by atoms with Crippen molar-refractivity contribution in [2.75, 3.05) is 19.0 Å². The summed E-state index contributed by atoms with van der Waals surface area (Å²) in [6.45, 7) is 6.41. The number of halogens is 2. The Labute approximate surface area is 155 Å². The molecule has 0 aliphatic carbocycles. The minimum absolute atomic E-state index is 0.0147. The fourth-order valence-electron chi connectivity index (χ4n) is 2.44. The molecular weight excluding hydrogens is 358 g/mol. The van der Waals surface area contributed by atoms with Crippen LogP contribution in [-0.2, 0) is 20.2 Å². The quantitative estimate of drug-likeness (QED) is 0.797. The number of rotatable bonds is 5. The molecule has 1 aromatic carbocycles. The lowest BCUT2D eigenvalue weighted by molar-refractivity contribution is -0.173. The van der Waals surface area contributed by atoms with E-state index >= 15 is 0 Å². The summed E-state index contributed by atoms with van der Waals surface area (Å²) in [5, 5.41) is 2.68. The van der Waals surface area contributed by atoms with E-state index in [1.807, 2.05) is 0 Å². The van der Waals surface area contributed by atoms with Crippen LogP contribution in [0.3, 0.4) is 0 Å². The standard InChI is InChI=1S/C19H22F2N2O4/c1-6-27-17(25)19(20,21)14-11-8-7-9-22-15(11)12(10-13(14)26-5)23-16(24)18(2,3)4/h7-10H,6H2,1-5H3,(H,23,24). The fraction of sp³-hybridized carbons (Fsp3) is 0.421. The molecule has 0 bridgehead atoms. The van der Waals surface area contributed by atoms with Gasteiger partial charge in [-0.15, -0.1) is 0 Å². The number of hydrogen-bond donors (Lipinski definition) is 1. The summed E-state index contributed by atoms with van der Waals surface area (Å²) >= 11 is 0. The van der Waals surface area contributed by atoms with Gasteiger partial charge in [0.2, 0.25) is 5.91 Å². The van der Waals surface area contributed by atoms with E-state index in [1.54, 1.807) is 20.8 Å². The Morgan fingerprint density at radius 1 is 1.26 bits per heavy atom. The first kappa shape index (κ1) is 20.5. The molecule has 0 unspecified atom stereocenters. The zero-order valence-corrected chi connectivity index (χ0v) is 15.9. The molecule has 2 aromatic rings. The van der Waals surface area contributed by atoms with Gasteiger partial charge in [-0.2, -0.15) is 8.78 Å². The van der Waals surface area contributed by atoms with Gasteiger partial charge >= 0.3 is 11.9 Å². The number of amides is 1. The highest BCUT2D eigenvalue weighted by molar-refractivity contribution is 6.05. The van der Waals surface area contributed by atoms with Crippen molar-refractivity contribution < 1.29 is 27.8 Å². The zero-order chi connectivity index (χ0) is 20.4. The number of ether oxygens (including phenoxy) is 2. The Morgan fingerprint density at radius 2 is 1.93 bits per heavy atom. The lowest BCUT2D eigenvalue weighted by Gasteiger charge is -2.23. The van der Waals surface area contributed by atoms with Crippen molar-refractivity contribution in [1.29, 1.82) is 0 Å². The second kappa shape index (κ2) is 7.46. The minimum atomic E-state index is -3.95. The van der Waals surface area contributed by atoms with E-state index in [9.17, 15) is 18.4 Å². The summed E-state index contributed by atoms with van der Waals surface area (Å²) in [7, 11) is 1.21. The molecule has 146 valence electrons. The van der Waals surface area contributed by atoms with Crippen LogP contribution in [0.25, 0.3) is 10.9 Å². The lowest BCUT2D eigenvalue weighted by atomic mass is 9.95. The number of esters is 1. The molecule has 0 aliphatic rings. The molecule has 2 rings (SSSR count). The minimum Gasteiger partial charge on any atom is -0.496 e. The SMILES string of the molecule is CCOC(=O)C(F)(F)c1c(OC)cc(NC(=O)C(C)(C)C)c2ncccc12. The predicted molar refractivity (Wildman–Crippen MR) is 96.9 cm³/mol. The molecular formula is C19H22F2N2O4. The second-order valence-electron chi connectivity index (χ2n) is 6.90. The van der Waals surface area contributed by atoms with Crippen LogP contribution >= 0.6 is 0 Å². The molecule has 0 spiro atoms. The summed E-state index contributed by atoms with van der Waals surface area (Å²) in [4.78, 5) is 28.3. The van der Waals surface area contributed by atoms with E-state index in [2.05, 4.69) is 15.0 Å². The maximum atomic E-state index is 14.8. The van der Waals surface area contributed by atoms with E-state index in [-0.39, 0.29) is 34.9 Å². The number of nitrogens with one attached hydrogen (secondary N) is 1. The maximum absolute atomic E-state index is 14.8. The van der Waals surface area contributed by atoms with Gasteiger partial charge in [-0.1, -0.05) is 26.8 Å². The molecule has 1 heterocycles. The van der Waals surface area contributed by atoms with Gasteiger partial charge in [0, 0.05) is 23.1 Å². The molecule has 0 fully saturated rings. The van der Waals surface area contributed by atoms with Crippen LogP contribution in [0.15, 0.2) is 24.4 Å². The number of carbonyl (C=O) groups is 2. The first-order chi connectivity index (χ1) is 12.5. The van der Waals surface area contributed by atoms with Gasteiger partial charge < -0.3 is 14.8 Å². The van der Waals surface area contributed by atoms with Crippen molar-refractivity contribution in [3.63, 3.8) is 0 Å². The monoisotopic (exact) mass is 380 g/mol. The normalized spacial score (nSPS) is 12.0. The van der Waals surface area contributed by atoms with Gasteiger partial charge in [-0.25, -0.2) is 4.79 Å².